The maximum atomic E-state index is 8.12. The molecule has 0 bridgehead atoms. The van der Waals surface area contributed by atoms with Gasteiger partial charge in [-0.05, 0) is 24.1 Å². The lowest BCUT2D eigenvalue weighted by molar-refractivity contribution is -0.191. The summed E-state index contributed by atoms with van der Waals surface area (Å²) in [6.45, 7) is 2.16. The minimum Gasteiger partial charge on any atom is -0.306 e. The van der Waals surface area contributed by atoms with E-state index >= 15 is 0 Å². The largest absolute Gasteiger partial charge is 0.373 e. The van der Waals surface area contributed by atoms with E-state index in [-0.39, 0.29) is 6.15 Å². The van der Waals surface area contributed by atoms with Crippen LogP contribution in [0.2, 0.25) is 0 Å². The van der Waals surface area contributed by atoms with E-state index in [4.69, 9.17) is 9.59 Å². The molecule has 0 radical (unpaired) electrons. The number of benzene rings is 1. The molecular weight excluding hydrogens is 204 g/mol. The lowest BCUT2D eigenvalue weighted by Gasteiger charge is -2.02. The monoisotopic (exact) mass is 216 g/mol. The van der Waals surface area contributed by atoms with Gasteiger partial charge in [-0.3, -0.25) is 0 Å². The Morgan fingerprint density at radius 3 is 2.31 bits per heavy atom. The van der Waals surface area contributed by atoms with Crippen molar-refractivity contribution in [3.63, 3.8) is 0 Å². The lowest BCUT2D eigenvalue weighted by Crippen LogP contribution is -1.89. The number of nitrogens with zero attached hydrogens (tertiary/aromatic N) is 2. The maximum Gasteiger partial charge on any atom is 0.373 e. The van der Waals surface area contributed by atoms with E-state index < -0.39 is 0 Å². The Labute approximate surface area is 93.6 Å². The highest BCUT2D eigenvalue weighted by atomic mass is 16.2. The smallest absolute Gasteiger partial charge is 0.306 e. The molecular formula is C12H12N2O2. The second-order valence-corrected chi connectivity index (χ2v) is 3.07. The Bertz CT molecular complexity index is 440. The second kappa shape index (κ2) is 6.32. The molecule has 2 rings (SSSR count). The van der Waals surface area contributed by atoms with Crippen LogP contribution in [0.15, 0.2) is 43.0 Å². The van der Waals surface area contributed by atoms with Crippen molar-refractivity contribution in [2.45, 2.75) is 13.3 Å². The fraction of sp³-hybridized carbons (Fsp3) is 0.167. The summed E-state index contributed by atoms with van der Waals surface area (Å²) < 4.78 is 2.00. The van der Waals surface area contributed by atoms with Crippen LogP contribution in [-0.4, -0.2) is 15.7 Å². The molecule has 82 valence electrons. The van der Waals surface area contributed by atoms with Crippen molar-refractivity contribution in [2.24, 2.45) is 0 Å². The zero-order valence-electron chi connectivity index (χ0n) is 8.96. The number of hydrogen-bond donors (Lipinski definition) is 0. The average molecular weight is 216 g/mol. The zero-order valence-corrected chi connectivity index (χ0v) is 8.96. The van der Waals surface area contributed by atoms with Crippen LogP contribution in [0.4, 0.5) is 0 Å². The van der Waals surface area contributed by atoms with Crippen LogP contribution >= 0.6 is 0 Å². The molecule has 0 atom stereocenters. The van der Waals surface area contributed by atoms with E-state index in [1.807, 2.05) is 10.8 Å². The molecule has 1 aromatic carbocycles. The number of carbonyl (C=O) groups excluding carboxylic acids is 2. The van der Waals surface area contributed by atoms with Crippen LogP contribution in [0.1, 0.15) is 12.5 Å². The van der Waals surface area contributed by atoms with E-state index in [1.54, 1.807) is 12.5 Å². The summed E-state index contributed by atoms with van der Waals surface area (Å²) in [4.78, 5) is 20.3. The van der Waals surface area contributed by atoms with Crippen molar-refractivity contribution in [2.75, 3.05) is 0 Å². The first-order valence-electron chi connectivity index (χ1n) is 4.88. The van der Waals surface area contributed by atoms with Gasteiger partial charge >= 0.3 is 6.15 Å². The van der Waals surface area contributed by atoms with Gasteiger partial charge in [-0.1, -0.05) is 19.1 Å². The molecule has 0 N–H and O–H groups in total. The van der Waals surface area contributed by atoms with Crippen molar-refractivity contribution in [1.29, 1.82) is 0 Å². The van der Waals surface area contributed by atoms with E-state index in [2.05, 4.69) is 36.2 Å². The molecule has 0 saturated carbocycles. The molecule has 0 aliphatic rings. The minimum absolute atomic E-state index is 0.250. The summed E-state index contributed by atoms with van der Waals surface area (Å²) in [6.07, 6.45) is 6.87. The third kappa shape index (κ3) is 3.19. The maximum absolute atomic E-state index is 8.12. The molecule has 0 aliphatic carbocycles. The normalized spacial score (nSPS) is 8.81. The molecule has 1 heterocycles. The molecule has 0 amide bonds. The number of aromatic nitrogens is 2. The van der Waals surface area contributed by atoms with E-state index in [0.29, 0.717) is 0 Å². The van der Waals surface area contributed by atoms with Crippen molar-refractivity contribution < 1.29 is 9.59 Å². The summed E-state index contributed by atoms with van der Waals surface area (Å²) in [5.74, 6) is 0. The molecule has 1 aromatic heterocycles. The summed E-state index contributed by atoms with van der Waals surface area (Å²) in [6, 6.07) is 8.52. The van der Waals surface area contributed by atoms with Crippen LogP contribution in [0.25, 0.3) is 5.69 Å². The Morgan fingerprint density at radius 1 is 1.25 bits per heavy atom. The topological polar surface area (TPSA) is 52.0 Å². The van der Waals surface area contributed by atoms with Crippen molar-refractivity contribution in [3.8, 4) is 5.69 Å². The predicted octanol–water partition coefficient (Wildman–Crippen LogP) is 1.85. The Hall–Kier alpha value is -2.19. The number of imidazole rings is 1. The molecule has 0 spiro atoms. The second-order valence-electron chi connectivity index (χ2n) is 3.07. The van der Waals surface area contributed by atoms with Gasteiger partial charge in [-0.25, -0.2) is 4.98 Å². The number of rotatable bonds is 2. The zero-order chi connectivity index (χ0) is 11.8. The third-order valence-electron chi connectivity index (χ3n) is 2.15. The van der Waals surface area contributed by atoms with Crippen molar-refractivity contribution in [3.05, 3.63) is 48.5 Å². The predicted molar refractivity (Wildman–Crippen MR) is 57.9 cm³/mol. The first-order valence-corrected chi connectivity index (χ1v) is 4.88. The summed E-state index contributed by atoms with van der Waals surface area (Å²) in [7, 11) is 0. The van der Waals surface area contributed by atoms with Gasteiger partial charge in [0.25, 0.3) is 0 Å². The van der Waals surface area contributed by atoms with Crippen LogP contribution in [-0.2, 0) is 16.0 Å². The van der Waals surface area contributed by atoms with Crippen molar-refractivity contribution in [1.82, 2.24) is 9.55 Å². The molecule has 4 heteroatoms. The minimum atomic E-state index is 0.250. The van der Waals surface area contributed by atoms with Gasteiger partial charge in [0.15, 0.2) is 0 Å². The Balaban J connectivity index is 0.000000386. The summed E-state index contributed by atoms with van der Waals surface area (Å²) >= 11 is 0. The molecule has 2 aromatic rings. The van der Waals surface area contributed by atoms with Crippen LogP contribution in [0.3, 0.4) is 0 Å². The van der Waals surface area contributed by atoms with Gasteiger partial charge in [0.2, 0.25) is 0 Å². The van der Waals surface area contributed by atoms with Gasteiger partial charge < -0.3 is 4.57 Å². The average Bonchev–Trinajstić information content (AvgIpc) is 2.84. The van der Waals surface area contributed by atoms with Crippen LogP contribution in [0, 0.1) is 0 Å². The molecule has 0 saturated heterocycles. The first-order chi connectivity index (χ1) is 7.81. The highest BCUT2D eigenvalue weighted by Gasteiger charge is 1.94. The SMILES string of the molecule is CCc1ccc(-n2ccnc2)cc1.O=C=O. The number of aryl methyl sites for hydroxylation is 1. The van der Waals surface area contributed by atoms with E-state index in [0.717, 1.165) is 12.1 Å². The highest BCUT2D eigenvalue weighted by Crippen LogP contribution is 2.09. The van der Waals surface area contributed by atoms with E-state index in [1.165, 1.54) is 5.56 Å². The van der Waals surface area contributed by atoms with Gasteiger partial charge in [0, 0.05) is 18.1 Å². The fourth-order valence-corrected chi connectivity index (χ4v) is 1.32. The highest BCUT2D eigenvalue weighted by molar-refractivity contribution is 5.34. The van der Waals surface area contributed by atoms with Crippen molar-refractivity contribution >= 4 is 6.15 Å². The lowest BCUT2D eigenvalue weighted by atomic mass is 10.1. The molecule has 4 nitrogen and oxygen atoms in total. The van der Waals surface area contributed by atoms with Gasteiger partial charge in [0.05, 0.1) is 6.33 Å². The quantitative estimate of drug-likeness (QED) is 0.769. The summed E-state index contributed by atoms with van der Waals surface area (Å²) in [5, 5.41) is 0. The Morgan fingerprint density at radius 2 is 1.88 bits per heavy atom. The summed E-state index contributed by atoms with van der Waals surface area (Å²) in [5.41, 5.74) is 2.53. The van der Waals surface area contributed by atoms with Gasteiger partial charge in [-0.2, -0.15) is 9.59 Å². The Kier molecular flexibility index (Phi) is 4.70. The fourth-order valence-electron chi connectivity index (χ4n) is 1.32. The standard InChI is InChI=1S/C11H12N2.CO2/c1-2-10-3-5-11(6-4-10)13-8-7-12-9-13;2-1-3/h3-9H,2H2,1H3;. The van der Waals surface area contributed by atoms with Gasteiger partial charge in [0.1, 0.15) is 0 Å². The van der Waals surface area contributed by atoms with Gasteiger partial charge in [-0.15, -0.1) is 0 Å². The number of hydrogen-bond acceptors (Lipinski definition) is 3. The first kappa shape index (κ1) is 11.9. The van der Waals surface area contributed by atoms with Crippen LogP contribution in [0.5, 0.6) is 0 Å². The van der Waals surface area contributed by atoms with E-state index in [9.17, 15) is 0 Å². The molecule has 0 unspecified atom stereocenters. The third-order valence-corrected chi connectivity index (χ3v) is 2.15. The van der Waals surface area contributed by atoms with Crippen LogP contribution < -0.4 is 0 Å². The molecule has 0 fully saturated rings. The molecule has 16 heavy (non-hydrogen) atoms. The molecule has 0 aliphatic heterocycles.